The monoisotopic (exact) mass is 352 g/mol. The Morgan fingerprint density at radius 1 is 1.00 bits per heavy atom. The van der Waals surface area contributed by atoms with Gasteiger partial charge in [-0.25, -0.2) is 8.78 Å². The maximum absolute atomic E-state index is 14.5. The molecule has 0 aromatic heterocycles. The molecule has 0 heterocycles. The van der Waals surface area contributed by atoms with E-state index in [-0.39, 0.29) is 0 Å². The van der Waals surface area contributed by atoms with Gasteiger partial charge in [0.25, 0.3) is 0 Å². The Labute approximate surface area is 155 Å². The van der Waals surface area contributed by atoms with Crippen molar-refractivity contribution in [2.75, 3.05) is 0 Å². The SMILES string of the molecule is CC1=CCC(/C=C/CCc2ccc(-c3ccc(C)cc3)c(F)c2F)CC1. The number of halogens is 2. The molecular formula is C24H26F2. The van der Waals surface area contributed by atoms with Crippen LogP contribution >= 0.6 is 0 Å². The molecule has 1 atom stereocenters. The fraction of sp³-hybridized carbons (Fsp3) is 0.333. The van der Waals surface area contributed by atoms with Gasteiger partial charge in [0.15, 0.2) is 11.6 Å². The third-order valence-electron chi connectivity index (χ3n) is 5.19. The first-order chi connectivity index (χ1) is 12.5. The molecule has 0 amide bonds. The molecule has 1 aliphatic rings. The largest absolute Gasteiger partial charge is 0.203 e. The standard InChI is InChI=1S/C24H26F2/c1-17-7-11-19(12-8-17)5-3-4-6-21-15-16-22(24(26)23(21)25)20-13-9-18(2)10-14-20/h3,5,7,9-10,13-16,19H,4,6,8,11-12H2,1-2H3/b5-3+. The van der Waals surface area contributed by atoms with Crippen LogP contribution in [0.3, 0.4) is 0 Å². The van der Waals surface area contributed by atoms with E-state index in [1.807, 2.05) is 31.2 Å². The van der Waals surface area contributed by atoms with E-state index in [1.54, 1.807) is 12.1 Å². The second-order valence-corrected chi connectivity index (χ2v) is 7.32. The van der Waals surface area contributed by atoms with Crippen molar-refractivity contribution in [3.8, 4) is 11.1 Å². The smallest absolute Gasteiger partial charge is 0.166 e. The Kier molecular flexibility index (Phi) is 6.03. The average molecular weight is 352 g/mol. The van der Waals surface area contributed by atoms with Crippen molar-refractivity contribution < 1.29 is 8.78 Å². The first kappa shape index (κ1) is 18.6. The van der Waals surface area contributed by atoms with Crippen molar-refractivity contribution in [2.45, 2.75) is 46.0 Å². The van der Waals surface area contributed by atoms with Gasteiger partial charge in [-0.3, -0.25) is 0 Å². The van der Waals surface area contributed by atoms with Gasteiger partial charge in [-0.15, -0.1) is 0 Å². The van der Waals surface area contributed by atoms with E-state index in [9.17, 15) is 8.78 Å². The molecule has 0 bridgehead atoms. The van der Waals surface area contributed by atoms with Gasteiger partial charge >= 0.3 is 0 Å². The summed E-state index contributed by atoms with van der Waals surface area (Å²) in [6, 6.07) is 10.9. The van der Waals surface area contributed by atoms with Crippen LogP contribution in [0.15, 0.2) is 60.2 Å². The van der Waals surface area contributed by atoms with Crippen LogP contribution in [0, 0.1) is 24.5 Å². The highest BCUT2D eigenvalue weighted by Crippen LogP contribution is 2.28. The maximum Gasteiger partial charge on any atom is 0.166 e. The Bertz CT molecular complexity index is 813. The molecule has 0 spiro atoms. The zero-order valence-corrected chi connectivity index (χ0v) is 15.6. The Morgan fingerprint density at radius 3 is 2.46 bits per heavy atom. The first-order valence-corrected chi connectivity index (χ1v) is 9.41. The summed E-state index contributed by atoms with van der Waals surface area (Å²) in [5, 5.41) is 0. The lowest BCUT2D eigenvalue weighted by molar-refractivity contribution is 0.501. The number of rotatable bonds is 5. The average Bonchev–Trinajstić information content (AvgIpc) is 2.64. The van der Waals surface area contributed by atoms with Crippen molar-refractivity contribution in [1.82, 2.24) is 0 Å². The molecule has 0 saturated heterocycles. The molecule has 0 N–H and O–H groups in total. The van der Waals surface area contributed by atoms with E-state index in [0.29, 0.717) is 29.0 Å². The summed E-state index contributed by atoms with van der Waals surface area (Å²) in [6.07, 6.45) is 11.4. The predicted octanol–water partition coefficient (Wildman–Crippen LogP) is 7.18. The summed E-state index contributed by atoms with van der Waals surface area (Å²) in [5.74, 6) is -0.875. The minimum atomic E-state index is -0.747. The van der Waals surface area contributed by atoms with Crippen LogP contribution < -0.4 is 0 Å². The van der Waals surface area contributed by atoms with Crippen molar-refractivity contribution in [3.63, 3.8) is 0 Å². The molecule has 26 heavy (non-hydrogen) atoms. The predicted molar refractivity (Wildman–Crippen MR) is 105 cm³/mol. The van der Waals surface area contributed by atoms with Crippen molar-refractivity contribution in [3.05, 3.63) is 83.0 Å². The van der Waals surface area contributed by atoms with Crippen LogP contribution in [0.25, 0.3) is 11.1 Å². The van der Waals surface area contributed by atoms with E-state index < -0.39 is 11.6 Å². The molecule has 0 aliphatic heterocycles. The Hall–Kier alpha value is -2.22. The highest BCUT2D eigenvalue weighted by atomic mass is 19.2. The van der Waals surface area contributed by atoms with Gasteiger partial charge in [0.1, 0.15) is 0 Å². The third kappa shape index (κ3) is 4.49. The van der Waals surface area contributed by atoms with Crippen LogP contribution in [0.1, 0.15) is 43.7 Å². The second kappa shape index (κ2) is 8.44. The molecule has 2 aromatic carbocycles. The number of aryl methyl sites for hydroxylation is 2. The normalized spacial score (nSPS) is 17.5. The highest BCUT2D eigenvalue weighted by molar-refractivity contribution is 5.65. The topological polar surface area (TPSA) is 0 Å². The molecule has 0 nitrogen and oxygen atoms in total. The molecule has 2 heteroatoms. The van der Waals surface area contributed by atoms with Crippen LogP contribution in [0.4, 0.5) is 8.78 Å². The first-order valence-electron chi connectivity index (χ1n) is 9.41. The fourth-order valence-electron chi connectivity index (χ4n) is 3.43. The van der Waals surface area contributed by atoms with Gasteiger partial charge in [-0.1, -0.05) is 65.8 Å². The molecule has 1 aliphatic carbocycles. The zero-order chi connectivity index (χ0) is 18.5. The summed E-state index contributed by atoms with van der Waals surface area (Å²) < 4.78 is 28.9. The van der Waals surface area contributed by atoms with E-state index in [2.05, 4.69) is 25.2 Å². The van der Waals surface area contributed by atoms with Gasteiger partial charge in [0.2, 0.25) is 0 Å². The fourth-order valence-corrected chi connectivity index (χ4v) is 3.43. The molecule has 3 rings (SSSR count). The van der Waals surface area contributed by atoms with Crippen molar-refractivity contribution in [1.29, 1.82) is 0 Å². The molecule has 0 radical (unpaired) electrons. The summed E-state index contributed by atoms with van der Waals surface area (Å²) >= 11 is 0. The molecular weight excluding hydrogens is 326 g/mol. The minimum Gasteiger partial charge on any atom is -0.203 e. The lowest BCUT2D eigenvalue weighted by atomic mass is 9.90. The number of hydrogen-bond acceptors (Lipinski definition) is 0. The highest BCUT2D eigenvalue weighted by Gasteiger charge is 2.14. The number of benzene rings is 2. The maximum atomic E-state index is 14.5. The third-order valence-corrected chi connectivity index (χ3v) is 5.19. The molecule has 1 unspecified atom stereocenters. The molecule has 136 valence electrons. The quantitative estimate of drug-likeness (QED) is 0.500. The van der Waals surface area contributed by atoms with Gasteiger partial charge < -0.3 is 0 Å². The van der Waals surface area contributed by atoms with Gasteiger partial charge in [0.05, 0.1) is 0 Å². The lowest BCUT2D eigenvalue weighted by Gasteiger charge is -2.16. The van der Waals surface area contributed by atoms with Crippen LogP contribution in [0.5, 0.6) is 0 Å². The van der Waals surface area contributed by atoms with Crippen LogP contribution in [0.2, 0.25) is 0 Å². The second-order valence-electron chi connectivity index (χ2n) is 7.32. The van der Waals surface area contributed by atoms with Gasteiger partial charge in [-0.05, 0) is 63.0 Å². The number of allylic oxidation sites excluding steroid dienone is 4. The minimum absolute atomic E-state index is 0.325. The van der Waals surface area contributed by atoms with Crippen LogP contribution in [-0.2, 0) is 6.42 Å². The summed E-state index contributed by atoms with van der Waals surface area (Å²) in [6.45, 7) is 4.15. The molecule has 0 saturated carbocycles. The van der Waals surface area contributed by atoms with Gasteiger partial charge in [0, 0.05) is 5.56 Å². The Morgan fingerprint density at radius 2 is 1.77 bits per heavy atom. The zero-order valence-electron chi connectivity index (χ0n) is 15.6. The van der Waals surface area contributed by atoms with Gasteiger partial charge in [-0.2, -0.15) is 0 Å². The summed E-state index contributed by atoms with van der Waals surface area (Å²) in [4.78, 5) is 0. The van der Waals surface area contributed by atoms with Crippen molar-refractivity contribution >= 4 is 0 Å². The summed E-state index contributed by atoms with van der Waals surface area (Å²) in [5.41, 5.74) is 4.05. The number of hydrogen-bond donors (Lipinski definition) is 0. The van der Waals surface area contributed by atoms with Crippen molar-refractivity contribution in [2.24, 2.45) is 5.92 Å². The molecule has 2 aromatic rings. The van der Waals surface area contributed by atoms with E-state index >= 15 is 0 Å². The summed E-state index contributed by atoms with van der Waals surface area (Å²) in [7, 11) is 0. The van der Waals surface area contributed by atoms with Crippen LogP contribution in [-0.4, -0.2) is 0 Å². The van der Waals surface area contributed by atoms with E-state index in [4.69, 9.17) is 0 Å². The van der Waals surface area contributed by atoms with E-state index in [0.717, 1.165) is 24.8 Å². The lowest BCUT2D eigenvalue weighted by Crippen LogP contribution is -2.01. The molecule has 0 fully saturated rings. The Balaban J connectivity index is 1.64. The van der Waals surface area contributed by atoms with E-state index in [1.165, 1.54) is 12.0 Å².